The molecule has 0 aliphatic carbocycles. The second-order valence-corrected chi connectivity index (χ2v) is 5.50. The van der Waals surface area contributed by atoms with Crippen molar-refractivity contribution in [1.29, 1.82) is 0 Å². The van der Waals surface area contributed by atoms with Gasteiger partial charge in [-0.3, -0.25) is 0 Å². The molecule has 1 fully saturated rings. The Labute approximate surface area is 142 Å². The van der Waals surface area contributed by atoms with Crippen molar-refractivity contribution < 1.29 is 19.0 Å². The van der Waals surface area contributed by atoms with Crippen molar-refractivity contribution in [3.63, 3.8) is 0 Å². The van der Waals surface area contributed by atoms with Gasteiger partial charge in [0.15, 0.2) is 0 Å². The number of halogens is 2. The maximum Gasteiger partial charge on any atom is 0.341 e. The Kier molecular flexibility index (Phi) is 4.77. The molecule has 24 heavy (non-hydrogen) atoms. The Hall–Kier alpha value is -2.45. The monoisotopic (exact) mass is 352 g/mol. The molecule has 1 aliphatic heterocycles. The van der Waals surface area contributed by atoms with E-state index in [9.17, 15) is 14.3 Å². The number of carboxylic acids is 1. The van der Waals surface area contributed by atoms with Crippen LogP contribution in [0.2, 0.25) is 5.02 Å². The van der Waals surface area contributed by atoms with E-state index >= 15 is 0 Å². The number of nitrogens with one attached hydrogen (secondary N) is 1. The molecule has 2 aromatic rings. The average molecular weight is 353 g/mol. The highest BCUT2D eigenvalue weighted by Gasteiger charge is 2.21. The molecule has 0 radical (unpaired) electrons. The van der Waals surface area contributed by atoms with Gasteiger partial charge in [-0.1, -0.05) is 11.6 Å². The van der Waals surface area contributed by atoms with Crippen LogP contribution in [0, 0.1) is 5.82 Å². The third-order valence-electron chi connectivity index (χ3n) is 3.49. The number of ether oxygens (including phenoxy) is 1. The first-order chi connectivity index (χ1) is 11.5. The molecule has 2 heterocycles. The third kappa shape index (κ3) is 3.55. The molecule has 0 amide bonds. The summed E-state index contributed by atoms with van der Waals surface area (Å²) in [7, 11) is 0. The molecule has 0 saturated carbocycles. The minimum atomic E-state index is -1.10. The molecule has 3 rings (SSSR count). The highest BCUT2D eigenvalue weighted by atomic mass is 35.5. The summed E-state index contributed by atoms with van der Waals surface area (Å²) in [6.45, 7) is 2.08. The van der Waals surface area contributed by atoms with E-state index in [0.29, 0.717) is 37.8 Å². The fraction of sp³-hybridized carbons (Fsp3) is 0.267. The van der Waals surface area contributed by atoms with Gasteiger partial charge in [-0.2, -0.15) is 4.98 Å². The van der Waals surface area contributed by atoms with Crippen LogP contribution < -0.4 is 10.2 Å². The van der Waals surface area contributed by atoms with Crippen molar-refractivity contribution in [3.8, 4) is 0 Å². The van der Waals surface area contributed by atoms with Gasteiger partial charge < -0.3 is 20.1 Å². The van der Waals surface area contributed by atoms with E-state index in [4.69, 9.17) is 16.3 Å². The van der Waals surface area contributed by atoms with Crippen molar-refractivity contribution in [2.45, 2.75) is 0 Å². The Bertz CT molecular complexity index is 768. The summed E-state index contributed by atoms with van der Waals surface area (Å²) in [5, 5.41) is 12.2. The molecular weight excluding hydrogens is 339 g/mol. The van der Waals surface area contributed by atoms with E-state index in [0.717, 1.165) is 0 Å². The Morgan fingerprint density at radius 2 is 2.12 bits per heavy atom. The number of hydrogen-bond acceptors (Lipinski definition) is 6. The highest BCUT2D eigenvalue weighted by Crippen LogP contribution is 2.24. The average Bonchev–Trinajstić information content (AvgIpc) is 2.59. The zero-order valence-electron chi connectivity index (χ0n) is 12.5. The Morgan fingerprint density at radius 1 is 1.38 bits per heavy atom. The minimum Gasteiger partial charge on any atom is -0.477 e. The molecule has 2 N–H and O–H groups in total. The SMILES string of the molecule is O=C(O)c1cnc(Nc2ccc(F)c(Cl)c2)nc1N1CCOCC1. The van der Waals surface area contributed by atoms with E-state index in [-0.39, 0.29) is 16.5 Å². The fourth-order valence-corrected chi connectivity index (χ4v) is 2.48. The van der Waals surface area contributed by atoms with Crippen LogP contribution in [0.5, 0.6) is 0 Å². The number of benzene rings is 1. The lowest BCUT2D eigenvalue weighted by Gasteiger charge is -2.28. The van der Waals surface area contributed by atoms with E-state index in [2.05, 4.69) is 15.3 Å². The molecule has 0 unspecified atom stereocenters. The minimum absolute atomic E-state index is 0.0135. The van der Waals surface area contributed by atoms with E-state index in [1.54, 1.807) is 0 Å². The van der Waals surface area contributed by atoms with Crippen molar-refractivity contribution in [2.75, 3.05) is 36.5 Å². The van der Waals surface area contributed by atoms with Gasteiger partial charge >= 0.3 is 5.97 Å². The number of carbonyl (C=O) groups is 1. The molecule has 1 aliphatic rings. The van der Waals surface area contributed by atoms with Crippen LogP contribution in [0.15, 0.2) is 24.4 Å². The number of carboxylic acid groups (broad SMARTS) is 1. The topological polar surface area (TPSA) is 87.6 Å². The number of rotatable bonds is 4. The highest BCUT2D eigenvalue weighted by molar-refractivity contribution is 6.31. The number of aromatic carboxylic acids is 1. The summed E-state index contributed by atoms with van der Waals surface area (Å²) in [6, 6.07) is 4.11. The van der Waals surface area contributed by atoms with Crippen LogP contribution in [0.3, 0.4) is 0 Å². The van der Waals surface area contributed by atoms with E-state index < -0.39 is 11.8 Å². The summed E-state index contributed by atoms with van der Waals surface area (Å²) in [5.74, 6) is -1.12. The lowest BCUT2D eigenvalue weighted by atomic mass is 10.2. The van der Waals surface area contributed by atoms with E-state index in [1.807, 2.05) is 4.90 Å². The summed E-state index contributed by atoms with van der Waals surface area (Å²) < 4.78 is 18.5. The van der Waals surface area contributed by atoms with Crippen LogP contribution in [-0.4, -0.2) is 47.3 Å². The van der Waals surface area contributed by atoms with Crippen LogP contribution in [-0.2, 0) is 4.74 Å². The summed E-state index contributed by atoms with van der Waals surface area (Å²) in [6.07, 6.45) is 1.24. The molecule has 0 bridgehead atoms. The van der Waals surface area contributed by atoms with Gasteiger partial charge in [-0.05, 0) is 18.2 Å². The van der Waals surface area contributed by atoms with Gasteiger partial charge in [-0.15, -0.1) is 0 Å². The van der Waals surface area contributed by atoms with Crippen LogP contribution in [0.4, 0.5) is 21.8 Å². The first kappa shape index (κ1) is 16.4. The number of aromatic nitrogens is 2. The summed E-state index contributed by atoms with van der Waals surface area (Å²) in [5.41, 5.74) is 0.511. The van der Waals surface area contributed by atoms with Crippen LogP contribution in [0.25, 0.3) is 0 Å². The Morgan fingerprint density at radius 3 is 2.79 bits per heavy atom. The van der Waals surface area contributed by atoms with Gasteiger partial charge in [0.25, 0.3) is 0 Å². The number of nitrogens with zero attached hydrogens (tertiary/aromatic N) is 3. The molecule has 126 valence electrons. The number of hydrogen-bond donors (Lipinski definition) is 2. The summed E-state index contributed by atoms with van der Waals surface area (Å²) >= 11 is 5.74. The second kappa shape index (κ2) is 6.98. The third-order valence-corrected chi connectivity index (χ3v) is 3.78. The Balaban J connectivity index is 1.91. The molecule has 0 spiro atoms. The van der Waals surface area contributed by atoms with Crippen LogP contribution >= 0.6 is 11.6 Å². The maximum atomic E-state index is 13.2. The van der Waals surface area contributed by atoms with Crippen molar-refractivity contribution in [3.05, 3.63) is 40.8 Å². The van der Waals surface area contributed by atoms with E-state index in [1.165, 1.54) is 24.4 Å². The maximum absolute atomic E-state index is 13.2. The number of morpholine rings is 1. The predicted octanol–water partition coefficient (Wildman–Crippen LogP) is 2.55. The molecule has 9 heteroatoms. The predicted molar refractivity (Wildman–Crippen MR) is 86.7 cm³/mol. The first-order valence-electron chi connectivity index (χ1n) is 7.19. The second-order valence-electron chi connectivity index (χ2n) is 5.09. The zero-order valence-corrected chi connectivity index (χ0v) is 13.3. The molecule has 1 aromatic heterocycles. The van der Waals surface area contributed by atoms with Gasteiger partial charge in [-0.25, -0.2) is 14.2 Å². The standard InChI is InChI=1S/C15H14ClFN4O3/c16-11-7-9(1-2-12(11)17)19-15-18-8-10(14(22)23)13(20-15)21-3-5-24-6-4-21/h1-2,7-8H,3-6H2,(H,22,23)(H,18,19,20). The largest absolute Gasteiger partial charge is 0.477 e. The van der Waals surface area contributed by atoms with Gasteiger partial charge in [0.05, 0.1) is 18.2 Å². The molecule has 1 aromatic carbocycles. The van der Waals surface area contributed by atoms with Crippen molar-refractivity contribution in [1.82, 2.24) is 9.97 Å². The summed E-state index contributed by atoms with van der Waals surface area (Å²) in [4.78, 5) is 21.5. The normalized spacial score (nSPS) is 14.5. The smallest absolute Gasteiger partial charge is 0.341 e. The zero-order chi connectivity index (χ0) is 17.1. The molecule has 1 saturated heterocycles. The molecule has 0 atom stereocenters. The van der Waals surface area contributed by atoms with Crippen molar-refractivity contribution in [2.24, 2.45) is 0 Å². The van der Waals surface area contributed by atoms with Crippen molar-refractivity contribution >= 4 is 35.0 Å². The number of anilines is 3. The first-order valence-corrected chi connectivity index (χ1v) is 7.57. The van der Waals surface area contributed by atoms with Gasteiger partial charge in [0.1, 0.15) is 17.2 Å². The lowest BCUT2D eigenvalue weighted by molar-refractivity contribution is 0.0695. The van der Waals surface area contributed by atoms with Crippen LogP contribution in [0.1, 0.15) is 10.4 Å². The molecule has 7 nitrogen and oxygen atoms in total. The lowest BCUT2D eigenvalue weighted by Crippen LogP contribution is -2.38. The van der Waals surface area contributed by atoms with Gasteiger partial charge in [0.2, 0.25) is 5.95 Å². The fourth-order valence-electron chi connectivity index (χ4n) is 2.30. The molecular formula is C15H14ClFN4O3. The quantitative estimate of drug-likeness (QED) is 0.874. The van der Waals surface area contributed by atoms with Gasteiger partial charge in [0, 0.05) is 25.0 Å².